The standard InChI is InChI=1S/C20H30N2O2/c1-20(2,24)15-21-12-10-17(11-13-21)19(23)22(18-8-9-18)14-16-6-4-3-5-7-16/h3-7,17-18,24H,8-15H2,1-2H3. The topological polar surface area (TPSA) is 43.8 Å². The molecule has 2 aliphatic rings. The van der Waals surface area contributed by atoms with Gasteiger partial charge in [0.2, 0.25) is 5.91 Å². The maximum Gasteiger partial charge on any atom is 0.226 e. The minimum atomic E-state index is -0.662. The number of hydrogen-bond acceptors (Lipinski definition) is 3. The Bertz CT molecular complexity index is 541. The van der Waals surface area contributed by atoms with Crippen molar-refractivity contribution in [3.63, 3.8) is 0 Å². The van der Waals surface area contributed by atoms with E-state index in [0.717, 1.165) is 45.3 Å². The van der Waals surface area contributed by atoms with Crippen LogP contribution in [0, 0.1) is 5.92 Å². The Hall–Kier alpha value is -1.39. The predicted octanol–water partition coefficient (Wildman–Crippen LogP) is 2.66. The molecule has 0 bridgehead atoms. The smallest absolute Gasteiger partial charge is 0.226 e. The van der Waals surface area contributed by atoms with Gasteiger partial charge in [0, 0.05) is 25.0 Å². The highest BCUT2D eigenvalue weighted by Crippen LogP contribution is 2.32. The molecule has 1 saturated carbocycles. The molecular weight excluding hydrogens is 300 g/mol. The molecule has 1 aliphatic heterocycles. The largest absolute Gasteiger partial charge is 0.389 e. The molecule has 0 atom stereocenters. The molecule has 0 aromatic heterocycles. The number of aliphatic hydroxyl groups is 1. The van der Waals surface area contributed by atoms with Crippen molar-refractivity contribution in [1.29, 1.82) is 0 Å². The number of carbonyl (C=O) groups excluding carboxylic acids is 1. The van der Waals surface area contributed by atoms with E-state index in [1.54, 1.807) is 0 Å². The van der Waals surface area contributed by atoms with E-state index in [0.29, 0.717) is 18.5 Å². The summed E-state index contributed by atoms with van der Waals surface area (Å²) in [5, 5.41) is 9.96. The molecule has 4 nitrogen and oxygen atoms in total. The van der Waals surface area contributed by atoms with Crippen molar-refractivity contribution in [1.82, 2.24) is 9.80 Å². The number of nitrogens with zero attached hydrogens (tertiary/aromatic N) is 2. The zero-order valence-corrected chi connectivity index (χ0v) is 14.9. The SMILES string of the molecule is CC(C)(O)CN1CCC(C(=O)N(Cc2ccccc2)C2CC2)CC1. The van der Waals surface area contributed by atoms with Gasteiger partial charge in [-0.05, 0) is 58.2 Å². The van der Waals surface area contributed by atoms with Crippen LogP contribution in [0.2, 0.25) is 0 Å². The number of carbonyl (C=O) groups is 1. The summed E-state index contributed by atoms with van der Waals surface area (Å²) < 4.78 is 0. The van der Waals surface area contributed by atoms with Crippen LogP contribution in [-0.4, -0.2) is 52.1 Å². The number of rotatable bonds is 6. The third kappa shape index (κ3) is 4.81. The number of amides is 1. The van der Waals surface area contributed by atoms with Gasteiger partial charge in [-0.3, -0.25) is 4.79 Å². The highest BCUT2D eigenvalue weighted by Gasteiger charge is 2.37. The summed E-state index contributed by atoms with van der Waals surface area (Å²) in [6, 6.07) is 10.8. The molecule has 1 heterocycles. The Morgan fingerprint density at radius 3 is 2.33 bits per heavy atom. The Morgan fingerprint density at radius 1 is 1.17 bits per heavy atom. The number of piperidine rings is 1. The van der Waals surface area contributed by atoms with E-state index in [4.69, 9.17) is 0 Å². The van der Waals surface area contributed by atoms with Gasteiger partial charge in [0.25, 0.3) is 0 Å². The van der Waals surface area contributed by atoms with Crippen LogP contribution in [0.25, 0.3) is 0 Å². The molecule has 0 unspecified atom stereocenters. The van der Waals surface area contributed by atoms with Crippen LogP contribution < -0.4 is 0 Å². The lowest BCUT2D eigenvalue weighted by atomic mass is 9.94. The fourth-order valence-corrected chi connectivity index (χ4v) is 3.67. The number of hydrogen-bond donors (Lipinski definition) is 1. The number of benzene rings is 1. The Balaban J connectivity index is 1.56. The van der Waals surface area contributed by atoms with Crippen LogP contribution in [0.4, 0.5) is 0 Å². The Kier molecular flexibility index (Phi) is 5.26. The summed E-state index contributed by atoms with van der Waals surface area (Å²) in [6.45, 7) is 6.94. The molecule has 1 saturated heterocycles. The molecule has 1 amide bonds. The highest BCUT2D eigenvalue weighted by molar-refractivity contribution is 5.79. The van der Waals surface area contributed by atoms with Gasteiger partial charge < -0.3 is 14.9 Å². The minimum Gasteiger partial charge on any atom is -0.389 e. The minimum absolute atomic E-state index is 0.146. The van der Waals surface area contributed by atoms with E-state index in [1.165, 1.54) is 5.56 Å². The molecule has 24 heavy (non-hydrogen) atoms. The summed E-state index contributed by atoms with van der Waals surface area (Å²) in [5.41, 5.74) is 0.557. The molecule has 3 rings (SSSR count). The van der Waals surface area contributed by atoms with Crippen molar-refractivity contribution in [2.45, 2.75) is 57.7 Å². The van der Waals surface area contributed by atoms with E-state index in [2.05, 4.69) is 21.9 Å². The third-order valence-electron chi connectivity index (χ3n) is 5.01. The molecule has 4 heteroatoms. The van der Waals surface area contributed by atoms with Crippen LogP contribution in [0.5, 0.6) is 0 Å². The molecule has 0 radical (unpaired) electrons. The fourth-order valence-electron chi connectivity index (χ4n) is 3.67. The van der Waals surface area contributed by atoms with Crippen molar-refractivity contribution in [3.05, 3.63) is 35.9 Å². The van der Waals surface area contributed by atoms with Crippen molar-refractivity contribution in [2.75, 3.05) is 19.6 Å². The Labute approximate surface area is 145 Å². The lowest BCUT2D eigenvalue weighted by Gasteiger charge is -2.36. The second kappa shape index (κ2) is 7.24. The number of likely N-dealkylation sites (tertiary alicyclic amines) is 1. The van der Waals surface area contributed by atoms with E-state index in [1.807, 2.05) is 32.0 Å². The van der Waals surface area contributed by atoms with Gasteiger partial charge in [-0.25, -0.2) is 0 Å². The highest BCUT2D eigenvalue weighted by atomic mass is 16.3. The van der Waals surface area contributed by atoms with Crippen molar-refractivity contribution < 1.29 is 9.90 Å². The summed E-state index contributed by atoms with van der Waals surface area (Å²) in [4.78, 5) is 17.4. The summed E-state index contributed by atoms with van der Waals surface area (Å²) in [7, 11) is 0. The van der Waals surface area contributed by atoms with Crippen LogP contribution >= 0.6 is 0 Å². The first kappa shape index (κ1) is 17.4. The van der Waals surface area contributed by atoms with E-state index < -0.39 is 5.60 Å². The quantitative estimate of drug-likeness (QED) is 0.872. The van der Waals surface area contributed by atoms with E-state index >= 15 is 0 Å². The molecular formula is C20H30N2O2. The number of β-amino-alcohol motifs (C(OH)–C–C–N with tert-alkyl or cyclic N) is 1. The second-order valence-electron chi connectivity index (χ2n) is 8.05. The van der Waals surface area contributed by atoms with E-state index in [-0.39, 0.29) is 5.92 Å². The van der Waals surface area contributed by atoms with Crippen molar-refractivity contribution in [3.8, 4) is 0 Å². The average Bonchev–Trinajstić information content (AvgIpc) is 3.37. The van der Waals surface area contributed by atoms with Crippen LogP contribution in [0.15, 0.2) is 30.3 Å². The first-order valence-corrected chi connectivity index (χ1v) is 9.21. The summed E-state index contributed by atoms with van der Waals surface area (Å²) in [6.07, 6.45) is 4.12. The van der Waals surface area contributed by atoms with Gasteiger partial charge in [-0.15, -0.1) is 0 Å². The maximum atomic E-state index is 13.0. The molecule has 0 spiro atoms. The van der Waals surface area contributed by atoms with Crippen LogP contribution in [0.1, 0.15) is 45.1 Å². The van der Waals surface area contributed by atoms with Crippen LogP contribution in [-0.2, 0) is 11.3 Å². The fraction of sp³-hybridized carbons (Fsp3) is 0.650. The van der Waals surface area contributed by atoms with Crippen molar-refractivity contribution >= 4 is 5.91 Å². The lowest BCUT2D eigenvalue weighted by Crippen LogP contribution is -2.46. The normalized spacial score (nSPS) is 20.1. The van der Waals surface area contributed by atoms with Gasteiger partial charge >= 0.3 is 0 Å². The maximum absolute atomic E-state index is 13.0. The van der Waals surface area contributed by atoms with Crippen LogP contribution in [0.3, 0.4) is 0 Å². The summed E-state index contributed by atoms with van der Waals surface area (Å²) in [5.74, 6) is 0.483. The van der Waals surface area contributed by atoms with Crippen molar-refractivity contribution in [2.24, 2.45) is 5.92 Å². The Morgan fingerprint density at radius 2 is 1.79 bits per heavy atom. The first-order valence-electron chi connectivity index (χ1n) is 9.21. The van der Waals surface area contributed by atoms with Gasteiger partial charge in [-0.1, -0.05) is 30.3 Å². The second-order valence-corrected chi connectivity index (χ2v) is 8.05. The average molecular weight is 330 g/mol. The van der Waals surface area contributed by atoms with E-state index in [9.17, 15) is 9.90 Å². The lowest BCUT2D eigenvalue weighted by molar-refractivity contribution is -0.138. The zero-order chi connectivity index (χ0) is 17.2. The van der Waals surface area contributed by atoms with Gasteiger partial charge in [0.1, 0.15) is 0 Å². The molecule has 1 aromatic carbocycles. The van der Waals surface area contributed by atoms with Gasteiger partial charge in [0.15, 0.2) is 0 Å². The molecule has 2 fully saturated rings. The third-order valence-corrected chi connectivity index (χ3v) is 5.01. The molecule has 1 N–H and O–H groups in total. The monoisotopic (exact) mass is 330 g/mol. The molecule has 132 valence electrons. The first-order chi connectivity index (χ1) is 11.4. The summed E-state index contributed by atoms with van der Waals surface area (Å²) >= 11 is 0. The molecule has 1 aliphatic carbocycles. The zero-order valence-electron chi connectivity index (χ0n) is 14.9. The van der Waals surface area contributed by atoms with Gasteiger partial charge in [0.05, 0.1) is 5.60 Å². The predicted molar refractivity (Wildman–Crippen MR) is 95.5 cm³/mol. The van der Waals surface area contributed by atoms with Gasteiger partial charge in [-0.2, -0.15) is 0 Å². The molecule has 1 aromatic rings.